The topological polar surface area (TPSA) is 187 Å². The third kappa shape index (κ3) is 10.3. The molecule has 17 heteroatoms. The number of carbonyl (C=O) groups is 5. The number of nitrogens with one attached hydrogen (secondary N) is 3. The quantitative estimate of drug-likeness (QED) is 0.340. The molecule has 1 aromatic carbocycles. The van der Waals surface area contributed by atoms with Gasteiger partial charge in [-0.3, -0.25) is 19.3 Å². The van der Waals surface area contributed by atoms with E-state index < -0.39 is 75.4 Å². The summed E-state index contributed by atoms with van der Waals surface area (Å²) in [6.45, 7) is 8.67. The zero-order valence-electron chi connectivity index (χ0n) is 35.4. The zero-order chi connectivity index (χ0) is 42.7. The number of benzene rings is 1. The maximum Gasteiger partial charge on any atom is 0.410 e. The number of fused-ring (bicyclic) bond motifs is 3. The molecule has 60 heavy (non-hydrogen) atoms. The van der Waals surface area contributed by atoms with Crippen LogP contribution in [0.4, 0.5) is 9.59 Å². The van der Waals surface area contributed by atoms with Crippen LogP contribution in [0.15, 0.2) is 36.4 Å². The fraction of sp³-hybridized carbons (Fsp3) is 0.698. The van der Waals surface area contributed by atoms with E-state index in [2.05, 4.69) is 32.4 Å². The summed E-state index contributed by atoms with van der Waals surface area (Å²) in [7, 11) is -4.15. The maximum absolute atomic E-state index is 14.6. The minimum absolute atomic E-state index is 0.0615. The average molecular weight is 854 g/mol. The lowest BCUT2D eigenvalue weighted by Crippen LogP contribution is -2.59. The molecule has 0 aromatic heterocycles. The van der Waals surface area contributed by atoms with Crippen LogP contribution in [0.1, 0.15) is 115 Å². The van der Waals surface area contributed by atoms with E-state index in [0.717, 1.165) is 44.3 Å². The van der Waals surface area contributed by atoms with Gasteiger partial charge in [-0.05, 0) is 103 Å². The summed E-state index contributed by atoms with van der Waals surface area (Å²) >= 11 is 0. The highest BCUT2D eigenvalue weighted by molar-refractivity contribution is 7.87. The normalized spacial score (nSPS) is 30.1. The highest BCUT2D eigenvalue weighted by Gasteiger charge is 2.62. The molecule has 0 spiro atoms. The van der Waals surface area contributed by atoms with Gasteiger partial charge in [0.05, 0.1) is 12.6 Å². The third-order valence-electron chi connectivity index (χ3n) is 12.8. The molecule has 6 aliphatic rings. The Kier molecular flexibility index (Phi) is 13.5. The van der Waals surface area contributed by atoms with E-state index in [9.17, 15) is 32.4 Å². The van der Waals surface area contributed by atoms with Crippen LogP contribution in [0.2, 0.25) is 0 Å². The Labute approximate surface area is 354 Å². The molecule has 1 saturated carbocycles. The van der Waals surface area contributed by atoms with E-state index >= 15 is 0 Å². The number of alkyl carbamates (subject to hydrolysis) is 1. The third-order valence-corrected chi connectivity index (χ3v) is 14.2. The summed E-state index contributed by atoms with van der Waals surface area (Å²) in [5.74, 6) is -2.52. The lowest BCUT2D eigenvalue weighted by Gasteiger charge is -2.40. The number of piperidine rings is 1. The Hall–Kier alpha value is -4.22. The first-order chi connectivity index (χ1) is 28.6. The Morgan fingerprint density at radius 3 is 2.40 bits per heavy atom. The molecule has 1 unspecified atom stereocenters. The van der Waals surface area contributed by atoms with E-state index in [-0.39, 0.29) is 31.8 Å². The number of hydrogen-bond donors (Lipinski definition) is 3. The summed E-state index contributed by atoms with van der Waals surface area (Å²) in [6.07, 6.45) is 10.2. The smallest absolute Gasteiger partial charge is 0.410 e. The van der Waals surface area contributed by atoms with Gasteiger partial charge < -0.3 is 29.9 Å². The van der Waals surface area contributed by atoms with Crippen molar-refractivity contribution in [2.45, 2.75) is 140 Å². The second kappa shape index (κ2) is 18.4. The van der Waals surface area contributed by atoms with Crippen molar-refractivity contribution in [2.75, 3.05) is 45.8 Å². The number of nitrogens with zero attached hydrogens (tertiary/aromatic N) is 4. The molecule has 16 nitrogen and oxygen atoms in total. The van der Waals surface area contributed by atoms with Crippen molar-refractivity contribution in [3.8, 4) is 0 Å². The van der Waals surface area contributed by atoms with Crippen LogP contribution in [0, 0.1) is 5.92 Å². The van der Waals surface area contributed by atoms with Crippen LogP contribution in [-0.2, 0) is 40.5 Å². The first-order valence-corrected chi connectivity index (χ1v) is 23.5. The largest absolute Gasteiger partial charge is 0.444 e. The van der Waals surface area contributed by atoms with Gasteiger partial charge in [-0.25, -0.2) is 14.3 Å². The molecule has 3 saturated heterocycles. The van der Waals surface area contributed by atoms with E-state index in [1.807, 2.05) is 24.3 Å². The summed E-state index contributed by atoms with van der Waals surface area (Å²) in [5, 5.41) is 5.63. The van der Waals surface area contributed by atoms with Crippen LogP contribution in [0.5, 0.6) is 0 Å². The van der Waals surface area contributed by atoms with Gasteiger partial charge in [0, 0.05) is 38.5 Å². The zero-order valence-corrected chi connectivity index (χ0v) is 36.2. The van der Waals surface area contributed by atoms with Gasteiger partial charge in [-0.1, -0.05) is 55.7 Å². The number of carbonyl (C=O) groups excluding carboxylic acids is 5. The van der Waals surface area contributed by atoms with E-state index in [0.29, 0.717) is 58.3 Å². The molecule has 330 valence electrons. The van der Waals surface area contributed by atoms with Crippen LogP contribution >= 0.6 is 0 Å². The number of allylic oxidation sites excluding steroid dienone is 1. The van der Waals surface area contributed by atoms with Crippen molar-refractivity contribution in [2.24, 2.45) is 5.92 Å². The molecule has 6 atom stereocenters. The highest BCUT2D eigenvalue weighted by Crippen LogP contribution is 2.46. The summed E-state index contributed by atoms with van der Waals surface area (Å²) in [6, 6.07) is 5.69. The van der Waals surface area contributed by atoms with Gasteiger partial charge in [0.1, 0.15) is 29.3 Å². The minimum Gasteiger partial charge on any atom is -0.444 e. The number of ether oxygens (including phenoxy) is 2. The van der Waals surface area contributed by atoms with Crippen molar-refractivity contribution >= 4 is 40.1 Å². The van der Waals surface area contributed by atoms with Crippen LogP contribution in [-0.4, -0.2) is 132 Å². The first kappa shape index (κ1) is 43.9. The molecule has 5 amide bonds. The van der Waals surface area contributed by atoms with Gasteiger partial charge in [-0.2, -0.15) is 12.7 Å². The standard InChI is InChI=1S/C43H63N7O9S/c1-42(2,3)59-40(54)44-34-19-9-6-4-5-8-17-31-27-43(31,39(53)46-60(56,57)48-23-14-15-24-48)45-37(51)35-26-32(28-50(35)38(34)52)58-41(55)49-25-20-30-16-10-11-18-33(30)36(49)29-47-21-12-7-13-22-47/h8,10-11,16-18,31-32,34-36H,4-7,9,12-15,19-29H2,1-3H3,(H,44,54)(H,45,51)(H,46,53)/b17-8-/t31-,32-,34+,35?,36-,43-/m1/s1. The average Bonchev–Trinajstić information content (AvgIpc) is 3.50. The Morgan fingerprint density at radius 1 is 0.933 bits per heavy atom. The number of likely N-dealkylation sites (tertiary alicyclic amines) is 1. The van der Waals surface area contributed by atoms with Crippen LogP contribution in [0.3, 0.4) is 0 Å². The molecule has 7 rings (SSSR count). The predicted octanol–water partition coefficient (Wildman–Crippen LogP) is 3.92. The maximum atomic E-state index is 14.6. The highest BCUT2D eigenvalue weighted by atomic mass is 32.2. The van der Waals surface area contributed by atoms with Gasteiger partial charge >= 0.3 is 22.4 Å². The SMILES string of the molecule is CC(C)(C)OC(=O)N[C@H]1CCCCC/C=C\[C@@H]2C[C@@]2(C(=O)NS(=O)(=O)N2CCCC2)NC(=O)C2C[C@@H](OC(=O)N3CCc4ccccc4[C@H]3CN3CCCCC3)CN2C1=O. The number of rotatable bonds is 7. The first-order valence-electron chi connectivity index (χ1n) is 22.0. The van der Waals surface area contributed by atoms with Crippen LogP contribution in [0.25, 0.3) is 0 Å². The Bertz CT molecular complexity index is 1910. The van der Waals surface area contributed by atoms with Gasteiger partial charge in [0.2, 0.25) is 11.8 Å². The molecule has 0 radical (unpaired) electrons. The summed E-state index contributed by atoms with van der Waals surface area (Å²) in [4.78, 5) is 76.1. The summed E-state index contributed by atoms with van der Waals surface area (Å²) < 4.78 is 41.7. The molecule has 4 fully saturated rings. The van der Waals surface area contributed by atoms with Crippen LogP contribution < -0.4 is 15.4 Å². The van der Waals surface area contributed by atoms with Crippen molar-refractivity contribution in [1.82, 2.24) is 34.4 Å². The van der Waals surface area contributed by atoms with Crippen molar-refractivity contribution < 1.29 is 41.9 Å². The molecule has 5 heterocycles. The fourth-order valence-corrected chi connectivity index (χ4v) is 10.8. The van der Waals surface area contributed by atoms with Gasteiger partial charge in [0.15, 0.2) is 0 Å². The molecular weight excluding hydrogens is 791 g/mol. The molecule has 5 aliphatic heterocycles. The Morgan fingerprint density at radius 2 is 1.65 bits per heavy atom. The predicted molar refractivity (Wildman–Crippen MR) is 223 cm³/mol. The molecule has 0 bridgehead atoms. The summed E-state index contributed by atoms with van der Waals surface area (Å²) in [5.41, 5.74) is -0.117. The molecule has 3 N–H and O–H groups in total. The molecule has 1 aliphatic carbocycles. The Balaban J connectivity index is 1.15. The van der Waals surface area contributed by atoms with E-state index in [4.69, 9.17) is 9.47 Å². The van der Waals surface area contributed by atoms with Crippen molar-refractivity contribution in [3.63, 3.8) is 0 Å². The lowest BCUT2D eigenvalue weighted by atomic mass is 9.92. The van der Waals surface area contributed by atoms with Crippen molar-refractivity contribution in [1.29, 1.82) is 0 Å². The minimum atomic E-state index is -4.15. The monoisotopic (exact) mass is 853 g/mol. The van der Waals surface area contributed by atoms with Gasteiger partial charge in [0.25, 0.3) is 5.91 Å². The number of amides is 5. The lowest BCUT2D eigenvalue weighted by molar-refractivity contribution is -0.141. The van der Waals surface area contributed by atoms with Gasteiger partial charge in [-0.15, -0.1) is 0 Å². The second-order valence-electron chi connectivity index (χ2n) is 18.3. The number of hydrogen-bond acceptors (Lipinski definition) is 10. The van der Waals surface area contributed by atoms with E-state index in [1.165, 1.54) is 21.2 Å². The molecule has 1 aromatic rings. The van der Waals surface area contributed by atoms with Crippen molar-refractivity contribution in [3.05, 3.63) is 47.5 Å². The van der Waals surface area contributed by atoms with E-state index in [1.54, 1.807) is 25.7 Å². The second-order valence-corrected chi connectivity index (χ2v) is 20.0. The fourth-order valence-electron chi connectivity index (χ4n) is 9.48. The molecular formula is C43H63N7O9S.